The molecule has 0 saturated carbocycles. The van der Waals surface area contributed by atoms with Gasteiger partial charge in [-0.05, 0) is 18.6 Å². The zero-order valence-electron chi connectivity index (χ0n) is 13.9. The molecule has 0 aliphatic heterocycles. The highest BCUT2D eigenvalue weighted by Gasteiger charge is 2.07. The average Bonchev–Trinajstić information content (AvgIpc) is 3.30. The van der Waals surface area contributed by atoms with Crippen LogP contribution in [0.25, 0.3) is 11.4 Å². The van der Waals surface area contributed by atoms with Crippen LogP contribution < -0.4 is 10.6 Å². The number of hydrogen-bond acceptors (Lipinski definition) is 5. The highest BCUT2D eigenvalue weighted by Crippen LogP contribution is 2.19. The van der Waals surface area contributed by atoms with Gasteiger partial charge >= 0.3 is 6.03 Å². The Morgan fingerprint density at radius 1 is 1.36 bits per heavy atom. The third kappa shape index (κ3) is 4.63. The molecule has 0 saturated heterocycles. The SMILES string of the molecule is CCc1nc(-c2cccc(NC(=O)NCCCn3ccnn3)c2)n[nH]1. The Balaban J connectivity index is 1.50. The largest absolute Gasteiger partial charge is 0.338 e. The lowest BCUT2D eigenvalue weighted by molar-refractivity contribution is 0.251. The Morgan fingerprint density at radius 3 is 3.04 bits per heavy atom. The first-order chi connectivity index (χ1) is 12.2. The van der Waals surface area contributed by atoms with Crippen molar-refractivity contribution in [3.8, 4) is 11.4 Å². The van der Waals surface area contributed by atoms with E-state index in [-0.39, 0.29) is 6.03 Å². The molecule has 0 bridgehead atoms. The summed E-state index contributed by atoms with van der Waals surface area (Å²) in [6.45, 7) is 3.27. The number of carbonyl (C=O) groups excluding carboxylic acids is 1. The van der Waals surface area contributed by atoms with Crippen LogP contribution in [-0.4, -0.2) is 42.8 Å². The number of amides is 2. The molecule has 0 atom stereocenters. The van der Waals surface area contributed by atoms with Gasteiger partial charge in [0, 0.05) is 37.0 Å². The monoisotopic (exact) mass is 340 g/mol. The van der Waals surface area contributed by atoms with Crippen molar-refractivity contribution >= 4 is 11.7 Å². The molecule has 2 heterocycles. The number of aryl methyl sites for hydroxylation is 2. The van der Waals surface area contributed by atoms with Crippen molar-refractivity contribution < 1.29 is 4.79 Å². The van der Waals surface area contributed by atoms with Crippen LogP contribution in [0.3, 0.4) is 0 Å². The molecule has 9 nitrogen and oxygen atoms in total. The average molecular weight is 340 g/mol. The number of carbonyl (C=O) groups is 1. The summed E-state index contributed by atoms with van der Waals surface area (Å²) < 4.78 is 1.73. The van der Waals surface area contributed by atoms with E-state index in [1.807, 2.05) is 31.2 Å². The standard InChI is InChI=1S/C16H20N8O/c1-2-14-20-15(22-21-14)12-5-3-6-13(11-12)19-16(25)17-7-4-9-24-10-8-18-23-24/h3,5-6,8,10-11H,2,4,7,9H2,1H3,(H2,17,19,25)(H,20,21,22). The Kier molecular flexibility index (Phi) is 5.35. The van der Waals surface area contributed by atoms with Crippen molar-refractivity contribution in [3.63, 3.8) is 0 Å². The number of rotatable bonds is 7. The van der Waals surface area contributed by atoms with E-state index < -0.39 is 0 Å². The van der Waals surface area contributed by atoms with E-state index in [0.717, 1.165) is 24.2 Å². The molecule has 3 rings (SSSR count). The molecule has 2 amide bonds. The lowest BCUT2D eigenvalue weighted by Gasteiger charge is -2.08. The molecule has 0 aliphatic rings. The summed E-state index contributed by atoms with van der Waals surface area (Å²) in [7, 11) is 0. The van der Waals surface area contributed by atoms with Crippen molar-refractivity contribution in [2.75, 3.05) is 11.9 Å². The van der Waals surface area contributed by atoms with Gasteiger partial charge in [-0.2, -0.15) is 5.10 Å². The summed E-state index contributed by atoms with van der Waals surface area (Å²) in [4.78, 5) is 16.4. The lowest BCUT2D eigenvalue weighted by Crippen LogP contribution is -2.30. The minimum Gasteiger partial charge on any atom is -0.338 e. The van der Waals surface area contributed by atoms with Crippen molar-refractivity contribution in [1.82, 2.24) is 35.5 Å². The maximum absolute atomic E-state index is 12.0. The van der Waals surface area contributed by atoms with Crippen LogP contribution in [0.4, 0.5) is 10.5 Å². The molecule has 9 heteroatoms. The minimum absolute atomic E-state index is 0.250. The van der Waals surface area contributed by atoms with Crippen LogP contribution in [0, 0.1) is 0 Å². The molecule has 1 aromatic carbocycles. The van der Waals surface area contributed by atoms with E-state index >= 15 is 0 Å². The summed E-state index contributed by atoms with van der Waals surface area (Å²) in [6.07, 6.45) is 4.99. The fourth-order valence-corrected chi connectivity index (χ4v) is 2.29. The van der Waals surface area contributed by atoms with E-state index in [9.17, 15) is 4.79 Å². The number of H-pyrrole nitrogens is 1. The van der Waals surface area contributed by atoms with Gasteiger partial charge in [-0.25, -0.2) is 9.78 Å². The number of nitrogens with one attached hydrogen (secondary N) is 3. The predicted molar refractivity (Wildman–Crippen MR) is 92.9 cm³/mol. The van der Waals surface area contributed by atoms with Crippen molar-refractivity contribution in [2.45, 2.75) is 26.3 Å². The summed E-state index contributed by atoms with van der Waals surface area (Å²) >= 11 is 0. The van der Waals surface area contributed by atoms with Crippen LogP contribution in [0.15, 0.2) is 36.7 Å². The number of hydrogen-bond donors (Lipinski definition) is 3. The van der Waals surface area contributed by atoms with Crippen LogP contribution in [-0.2, 0) is 13.0 Å². The highest BCUT2D eigenvalue weighted by atomic mass is 16.2. The van der Waals surface area contributed by atoms with E-state index in [2.05, 4.69) is 36.1 Å². The van der Waals surface area contributed by atoms with Gasteiger partial charge in [-0.1, -0.05) is 24.3 Å². The summed E-state index contributed by atoms with van der Waals surface area (Å²) in [5.74, 6) is 1.45. The number of aromatic nitrogens is 6. The minimum atomic E-state index is -0.250. The molecule has 0 fully saturated rings. The quantitative estimate of drug-likeness (QED) is 0.568. The van der Waals surface area contributed by atoms with Crippen LogP contribution >= 0.6 is 0 Å². The molecule has 3 N–H and O–H groups in total. The third-order valence-corrected chi connectivity index (χ3v) is 3.57. The van der Waals surface area contributed by atoms with Crippen LogP contribution in [0.1, 0.15) is 19.2 Å². The Morgan fingerprint density at radius 2 is 2.28 bits per heavy atom. The zero-order chi connectivity index (χ0) is 17.5. The molecule has 0 spiro atoms. The predicted octanol–water partition coefficient (Wildman–Crippen LogP) is 1.84. The van der Waals surface area contributed by atoms with Crippen molar-refractivity contribution in [3.05, 3.63) is 42.5 Å². The summed E-state index contributed by atoms with van der Waals surface area (Å²) in [6, 6.07) is 7.19. The number of urea groups is 1. The fraction of sp³-hybridized carbons (Fsp3) is 0.312. The van der Waals surface area contributed by atoms with Crippen LogP contribution in [0.5, 0.6) is 0 Å². The second kappa shape index (κ2) is 8.04. The second-order valence-corrected chi connectivity index (χ2v) is 5.44. The maximum atomic E-state index is 12.0. The maximum Gasteiger partial charge on any atom is 0.319 e. The smallest absolute Gasteiger partial charge is 0.319 e. The first kappa shape index (κ1) is 16.6. The number of nitrogens with zero attached hydrogens (tertiary/aromatic N) is 5. The number of benzene rings is 1. The van der Waals surface area contributed by atoms with Gasteiger partial charge in [0.2, 0.25) is 0 Å². The summed E-state index contributed by atoms with van der Waals surface area (Å²) in [5, 5.41) is 20.3. The van der Waals surface area contributed by atoms with Gasteiger partial charge < -0.3 is 10.6 Å². The van der Waals surface area contributed by atoms with Gasteiger partial charge in [0.15, 0.2) is 5.82 Å². The molecule has 3 aromatic rings. The molecule has 2 aromatic heterocycles. The molecular weight excluding hydrogens is 320 g/mol. The molecule has 0 unspecified atom stereocenters. The van der Waals surface area contributed by atoms with E-state index in [4.69, 9.17) is 0 Å². The molecular formula is C16H20N8O. The normalized spacial score (nSPS) is 10.6. The van der Waals surface area contributed by atoms with Crippen molar-refractivity contribution in [2.24, 2.45) is 0 Å². The van der Waals surface area contributed by atoms with E-state index in [1.54, 1.807) is 17.1 Å². The Hall–Kier alpha value is -3.23. The van der Waals surface area contributed by atoms with Crippen molar-refractivity contribution in [1.29, 1.82) is 0 Å². The zero-order valence-corrected chi connectivity index (χ0v) is 13.9. The van der Waals surface area contributed by atoms with E-state index in [1.165, 1.54) is 0 Å². The van der Waals surface area contributed by atoms with Gasteiger partial charge in [0.05, 0.1) is 6.20 Å². The molecule has 130 valence electrons. The number of anilines is 1. The molecule has 0 aliphatic carbocycles. The Bertz CT molecular complexity index is 811. The van der Waals surface area contributed by atoms with E-state index in [0.29, 0.717) is 24.6 Å². The van der Waals surface area contributed by atoms with Gasteiger partial charge in [0.25, 0.3) is 0 Å². The lowest BCUT2D eigenvalue weighted by atomic mass is 10.2. The number of aromatic amines is 1. The van der Waals surface area contributed by atoms with Gasteiger partial charge in [-0.3, -0.25) is 9.78 Å². The first-order valence-electron chi connectivity index (χ1n) is 8.15. The van der Waals surface area contributed by atoms with Gasteiger partial charge in [-0.15, -0.1) is 5.10 Å². The highest BCUT2D eigenvalue weighted by molar-refractivity contribution is 5.89. The first-order valence-corrected chi connectivity index (χ1v) is 8.15. The summed E-state index contributed by atoms with van der Waals surface area (Å²) in [5.41, 5.74) is 1.54. The Labute approximate surface area is 144 Å². The fourth-order valence-electron chi connectivity index (χ4n) is 2.29. The second-order valence-electron chi connectivity index (χ2n) is 5.44. The van der Waals surface area contributed by atoms with Gasteiger partial charge in [0.1, 0.15) is 5.82 Å². The van der Waals surface area contributed by atoms with Crippen LogP contribution in [0.2, 0.25) is 0 Å². The molecule has 25 heavy (non-hydrogen) atoms. The topological polar surface area (TPSA) is 113 Å². The molecule has 0 radical (unpaired) electrons. The third-order valence-electron chi connectivity index (χ3n) is 3.57.